The Morgan fingerprint density at radius 1 is 1.40 bits per heavy atom. The Bertz CT molecular complexity index is 295. The van der Waals surface area contributed by atoms with Crippen molar-refractivity contribution in [3.05, 3.63) is 23.1 Å². The number of halogens is 1. The van der Waals surface area contributed by atoms with Crippen molar-refractivity contribution >= 4 is 23.4 Å². The van der Waals surface area contributed by atoms with Crippen LogP contribution in [0.5, 0.6) is 0 Å². The summed E-state index contributed by atoms with van der Waals surface area (Å²) in [5, 5.41) is 4.68. The van der Waals surface area contributed by atoms with Crippen LogP contribution >= 0.6 is 23.4 Å². The second-order valence-corrected chi connectivity index (χ2v) is 5.48. The molecule has 0 saturated carbocycles. The number of nitrogens with one attached hydrogen (secondary N) is 1. The monoisotopic (exact) mass is 245 g/mol. The van der Waals surface area contributed by atoms with Crippen molar-refractivity contribution in [2.75, 3.05) is 13.1 Å². The van der Waals surface area contributed by atoms with Crippen molar-refractivity contribution in [3.63, 3.8) is 0 Å². The zero-order chi connectivity index (χ0) is 10.5. The van der Waals surface area contributed by atoms with Crippen LogP contribution in [-0.2, 0) is 5.75 Å². The molecule has 1 aliphatic heterocycles. The summed E-state index contributed by atoms with van der Waals surface area (Å²) in [6.07, 6.45) is 3.86. The third-order valence-corrected chi connectivity index (χ3v) is 4.21. The van der Waals surface area contributed by atoms with Gasteiger partial charge < -0.3 is 9.73 Å². The number of furan rings is 1. The second kappa shape index (κ2) is 5.83. The molecular weight excluding hydrogens is 230 g/mol. The molecule has 1 aromatic rings. The third-order valence-electron chi connectivity index (χ3n) is 2.61. The third kappa shape index (κ3) is 3.74. The summed E-state index contributed by atoms with van der Waals surface area (Å²) >= 11 is 7.71. The molecule has 1 unspecified atom stereocenters. The van der Waals surface area contributed by atoms with E-state index in [9.17, 15) is 0 Å². The first-order valence-corrected chi connectivity index (χ1v) is 6.84. The fourth-order valence-electron chi connectivity index (χ4n) is 1.78. The first-order valence-electron chi connectivity index (χ1n) is 5.41. The molecule has 0 aliphatic carbocycles. The van der Waals surface area contributed by atoms with Crippen LogP contribution in [0.2, 0.25) is 5.22 Å². The molecule has 1 N–H and O–H groups in total. The molecule has 0 radical (unpaired) electrons. The number of hydrogen-bond donors (Lipinski definition) is 1. The van der Waals surface area contributed by atoms with E-state index in [1.807, 2.05) is 23.9 Å². The van der Waals surface area contributed by atoms with E-state index in [-0.39, 0.29) is 0 Å². The molecule has 0 bridgehead atoms. The molecule has 0 aromatic carbocycles. The van der Waals surface area contributed by atoms with Crippen LogP contribution in [0.25, 0.3) is 0 Å². The highest BCUT2D eigenvalue weighted by molar-refractivity contribution is 7.99. The topological polar surface area (TPSA) is 25.2 Å². The minimum absolute atomic E-state index is 0.494. The smallest absolute Gasteiger partial charge is 0.193 e. The molecule has 2 heterocycles. The van der Waals surface area contributed by atoms with Gasteiger partial charge in [-0.25, -0.2) is 0 Å². The summed E-state index contributed by atoms with van der Waals surface area (Å²) < 4.78 is 5.33. The van der Waals surface area contributed by atoms with Crippen molar-refractivity contribution in [2.24, 2.45) is 0 Å². The van der Waals surface area contributed by atoms with Gasteiger partial charge in [0.2, 0.25) is 0 Å². The van der Waals surface area contributed by atoms with Gasteiger partial charge in [-0.1, -0.05) is 0 Å². The number of rotatable bonds is 3. The normalized spacial score (nSPS) is 22.6. The van der Waals surface area contributed by atoms with Crippen LogP contribution < -0.4 is 5.32 Å². The zero-order valence-corrected chi connectivity index (χ0v) is 10.2. The Hall–Kier alpha value is -0.120. The van der Waals surface area contributed by atoms with E-state index in [0.29, 0.717) is 5.22 Å². The largest absolute Gasteiger partial charge is 0.449 e. The van der Waals surface area contributed by atoms with E-state index in [2.05, 4.69) is 5.32 Å². The molecular formula is C11H16ClNOS. The lowest BCUT2D eigenvalue weighted by atomic mass is 10.2. The standard InChI is InChI=1S/C11H16ClNOS/c12-11-4-3-9(14-11)8-15-10-2-1-6-13-7-5-10/h3-4,10,13H,1-2,5-8H2. The molecule has 15 heavy (non-hydrogen) atoms. The highest BCUT2D eigenvalue weighted by atomic mass is 35.5. The van der Waals surface area contributed by atoms with E-state index in [1.54, 1.807) is 0 Å². The maximum Gasteiger partial charge on any atom is 0.193 e. The fourth-order valence-corrected chi connectivity index (χ4v) is 3.12. The van der Waals surface area contributed by atoms with Crippen LogP contribution in [0.15, 0.2) is 16.5 Å². The van der Waals surface area contributed by atoms with Crippen molar-refractivity contribution in [3.8, 4) is 0 Å². The Morgan fingerprint density at radius 2 is 2.33 bits per heavy atom. The van der Waals surface area contributed by atoms with Crippen molar-refractivity contribution in [1.29, 1.82) is 0 Å². The number of hydrogen-bond acceptors (Lipinski definition) is 3. The van der Waals surface area contributed by atoms with Gasteiger partial charge in [0.1, 0.15) is 5.76 Å². The maximum atomic E-state index is 5.72. The number of thioether (sulfide) groups is 1. The molecule has 1 aromatic heterocycles. The Labute approximate surface area is 99.8 Å². The van der Waals surface area contributed by atoms with Gasteiger partial charge in [-0.2, -0.15) is 11.8 Å². The van der Waals surface area contributed by atoms with Crippen molar-refractivity contribution < 1.29 is 4.42 Å². The molecule has 1 aliphatic rings. The summed E-state index contributed by atoms with van der Waals surface area (Å²) in [6.45, 7) is 2.32. The summed E-state index contributed by atoms with van der Waals surface area (Å²) in [6, 6.07) is 3.77. The molecule has 1 atom stereocenters. The average molecular weight is 246 g/mol. The Morgan fingerprint density at radius 3 is 3.13 bits per heavy atom. The van der Waals surface area contributed by atoms with Crippen LogP contribution in [0.4, 0.5) is 0 Å². The van der Waals surface area contributed by atoms with Gasteiger partial charge in [0, 0.05) is 5.25 Å². The molecule has 0 amide bonds. The Balaban J connectivity index is 1.76. The highest BCUT2D eigenvalue weighted by Crippen LogP contribution is 2.26. The second-order valence-electron chi connectivity index (χ2n) is 3.82. The first kappa shape index (κ1) is 11.4. The lowest BCUT2D eigenvalue weighted by molar-refractivity contribution is 0.532. The van der Waals surface area contributed by atoms with E-state index in [0.717, 1.165) is 23.3 Å². The van der Waals surface area contributed by atoms with Gasteiger partial charge in [-0.05, 0) is 56.1 Å². The molecule has 1 saturated heterocycles. The summed E-state index contributed by atoms with van der Waals surface area (Å²) in [5.74, 6) is 1.93. The SMILES string of the molecule is Clc1ccc(CSC2CCCNCC2)o1. The lowest BCUT2D eigenvalue weighted by Crippen LogP contribution is -2.14. The maximum absolute atomic E-state index is 5.72. The van der Waals surface area contributed by atoms with E-state index in [1.165, 1.54) is 25.8 Å². The van der Waals surface area contributed by atoms with E-state index >= 15 is 0 Å². The minimum Gasteiger partial charge on any atom is -0.449 e. The zero-order valence-electron chi connectivity index (χ0n) is 8.67. The van der Waals surface area contributed by atoms with Crippen LogP contribution in [-0.4, -0.2) is 18.3 Å². The van der Waals surface area contributed by atoms with Gasteiger partial charge in [0.25, 0.3) is 0 Å². The van der Waals surface area contributed by atoms with E-state index in [4.69, 9.17) is 16.0 Å². The lowest BCUT2D eigenvalue weighted by Gasteiger charge is -2.11. The van der Waals surface area contributed by atoms with Crippen molar-refractivity contribution in [1.82, 2.24) is 5.32 Å². The Kier molecular flexibility index (Phi) is 4.42. The first-order chi connectivity index (χ1) is 7.34. The molecule has 0 spiro atoms. The van der Waals surface area contributed by atoms with Crippen LogP contribution in [0.3, 0.4) is 0 Å². The van der Waals surface area contributed by atoms with Gasteiger partial charge in [0.05, 0.1) is 5.75 Å². The predicted molar refractivity (Wildman–Crippen MR) is 65.5 cm³/mol. The minimum atomic E-state index is 0.494. The van der Waals surface area contributed by atoms with Crippen LogP contribution in [0, 0.1) is 0 Å². The van der Waals surface area contributed by atoms with E-state index < -0.39 is 0 Å². The van der Waals surface area contributed by atoms with Gasteiger partial charge >= 0.3 is 0 Å². The molecule has 84 valence electrons. The van der Waals surface area contributed by atoms with Crippen molar-refractivity contribution in [2.45, 2.75) is 30.3 Å². The fraction of sp³-hybridized carbons (Fsp3) is 0.636. The summed E-state index contributed by atoms with van der Waals surface area (Å²) in [7, 11) is 0. The summed E-state index contributed by atoms with van der Waals surface area (Å²) in [4.78, 5) is 0. The molecule has 2 rings (SSSR count). The quantitative estimate of drug-likeness (QED) is 0.885. The predicted octanol–water partition coefficient (Wildman–Crippen LogP) is 3.31. The highest BCUT2D eigenvalue weighted by Gasteiger charge is 2.13. The van der Waals surface area contributed by atoms with Gasteiger partial charge in [-0.15, -0.1) is 0 Å². The average Bonchev–Trinajstić information content (AvgIpc) is 2.52. The molecule has 1 fully saturated rings. The summed E-state index contributed by atoms with van der Waals surface area (Å²) in [5.41, 5.74) is 0. The van der Waals surface area contributed by atoms with Crippen LogP contribution in [0.1, 0.15) is 25.0 Å². The van der Waals surface area contributed by atoms with Gasteiger partial charge in [-0.3, -0.25) is 0 Å². The molecule has 4 heteroatoms. The van der Waals surface area contributed by atoms with Gasteiger partial charge in [0.15, 0.2) is 5.22 Å². The molecule has 2 nitrogen and oxygen atoms in total.